The molecule has 0 aliphatic heterocycles. The lowest BCUT2D eigenvalue weighted by Gasteiger charge is -2.09. The van der Waals surface area contributed by atoms with Crippen molar-refractivity contribution in [1.82, 2.24) is 4.72 Å². The number of thiophene rings is 1. The van der Waals surface area contributed by atoms with Gasteiger partial charge < -0.3 is 5.11 Å². The van der Waals surface area contributed by atoms with Crippen LogP contribution in [0.5, 0.6) is 0 Å². The Balaban J connectivity index is 2.59. The van der Waals surface area contributed by atoms with Crippen molar-refractivity contribution in [2.24, 2.45) is 5.92 Å². The van der Waals surface area contributed by atoms with Crippen LogP contribution in [0, 0.1) is 5.92 Å². The first kappa shape index (κ1) is 14.4. The van der Waals surface area contributed by atoms with Gasteiger partial charge in [0.05, 0.1) is 4.34 Å². The van der Waals surface area contributed by atoms with Gasteiger partial charge in [-0.2, -0.15) is 0 Å². The number of carbonyl (C=O) groups is 1. The largest absolute Gasteiger partial charge is 0.481 e. The molecule has 0 fully saturated rings. The molecule has 8 heteroatoms. The van der Waals surface area contributed by atoms with Gasteiger partial charge in [0.2, 0.25) is 10.0 Å². The molecule has 0 aromatic carbocycles. The summed E-state index contributed by atoms with van der Waals surface area (Å²) in [5.74, 6) is -1.21. The van der Waals surface area contributed by atoms with Crippen molar-refractivity contribution in [2.45, 2.75) is 17.6 Å². The van der Waals surface area contributed by atoms with E-state index in [2.05, 4.69) is 4.72 Å². The highest BCUT2D eigenvalue weighted by atomic mass is 35.5. The van der Waals surface area contributed by atoms with E-state index in [-0.39, 0.29) is 23.1 Å². The van der Waals surface area contributed by atoms with Crippen LogP contribution in [-0.2, 0) is 14.8 Å². The molecule has 0 aliphatic carbocycles. The molecule has 1 atom stereocenters. The van der Waals surface area contributed by atoms with E-state index in [4.69, 9.17) is 16.7 Å². The van der Waals surface area contributed by atoms with Crippen molar-refractivity contribution in [3.05, 3.63) is 16.5 Å². The fraction of sp³-hybridized carbons (Fsp3) is 0.444. The number of aliphatic carboxylic acids is 1. The van der Waals surface area contributed by atoms with Crippen molar-refractivity contribution >= 4 is 38.9 Å². The predicted octanol–water partition coefficient (Wildman–Crippen LogP) is 1.79. The molecule has 0 amide bonds. The second-order valence-corrected chi connectivity index (χ2v) is 7.32. The lowest BCUT2D eigenvalue weighted by Crippen LogP contribution is -2.28. The molecule has 1 rings (SSSR count). The molecule has 0 aliphatic rings. The highest BCUT2D eigenvalue weighted by molar-refractivity contribution is 7.91. The molecule has 17 heavy (non-hydrogen) atoms. The first-order valence-electron chi connectivity index (χ1n) is 4.78. The first-order chi connectivity index (χ1) is 7.81. The zero-order valence-electron chi connectivity index (χ0n) is 9.01. The maximum Gasteiger partial charge on any atom is 0.303 e. The van der Waals surface area contributed by atoms with Gasteiger partial charge in [-0.1, -0.05) is 18.5 Å². The molecule has 1 aromatic heterocycles. The van der Waals surface area contributed by atoms with Crippen LogP contribution in [0.2, 0.25) is 4.34 Å². The van der Waals surface area contributed by atoms with Crippen LogP contribution in [0.15, 0.2) is 16.3 Å². The minimum absolute atomic E-state index is 0.0757. The fourth-order valence-electron chi connectivity index (χ4n) is 1.14. The predicted molar refractivity (Wildman–Crippen MR) is 65.9 cm³/mol. The van der Waals surface area contributed by atoms with Crippen molar-refractivity contribution in [3.63, 3.8) is 0 Å². The van der Waals surface area contributed by atoms with Crippen molar-refractivity contribution in [1.29, 1.82) is 0 Å². The van der Waals surface area contributed by atoms with Crippen LogP contribution in [0.1, 0.15) is 13.3 Å². The summed E-state index contributed by atoms with van der Waals surface area (Å²) in [4.78, 5) is 10.4. The Labute approximate surface area is 108 Å². The quantitative estimate of drug-likeness (QED) is 0.838. The first-order valence-corrected chi connectivity index (χ1v) is 7.46. The summed E-state index contributed by atoms with van der Waals surface area (Å²) in [6, 6.07) is 2.92. The summed E-state index contributed by atoms with van der Waals surface area (Å²) in [6.45, 7) is 1.75. The molecule has 0 bridgehead atoms. The smallest absolute Gasteiger partial charge is 0.303 e. The summed E-state index contributed by atoms with van der Waals surface area (Å²) in [6.07, 6.45) is -0.0757. The fourth-order valence-corrected chi connectivity index (χ4v) is 3.83. The van der Waals surface area contributed by atoms with Crippen LogP contribution >= 0.6 is 22.9 Å². The molecule has 0 saturated heterocycles. The van der Waals surface area contributed by atoms with Crippen LogP contribution in [0.4, 0.5) is 0 Å². The van der Waals surface area contributed by atoms with E-state index < -0.39 is 16.0 Å². The molecule has 0 saturated carbocycles. The second kappa shape index (κ2) is 5.81. The van der Waals surface area contributed by atoms with Gasteiger partial charge >= 0.3 is 5.97 Å². The number of halogens is 1. The average molecular weight is 298 g/mol. The van der Waals surface area contributed by atoms with E-state index in [0.29, 0.717) is 4.34 Å². The summed E-state index contributed by atoms with van der Waals surface area (Å²) >= 11 is 6.61. The van der Waals surface area contributed by atoms with Gasteiger partial charge in [-0.25, -0.2) is 13.1 Å². The molecule has 96 valence electrons. The van der Waals surface area contributed by atoms with Gasteiger partial charge in [-0.15, -0.1) is 11.3 Å². The third-order valence-corrected chi connectivity index (χ3v) is 5.10. The summed E-state index contributed by atoms with van der Waals surface area (Å²) in [5.41, 5.74) is 0. The Hall–Kier alpha value is -0.630. The van der Waals surface area contributed by atoms with Crippen LogP contribution in [-0.4, -0.2) is 26.0 Å². The SMILES string of the molecule is CC(CNS(=O)(=O)c1ccc(Cl)s1)CC(=O)O. The number of carboxylic acid groups (broad SMARTS) is 1. The zero-order chi connectivity index (χ0) is 13.1. The van der Waals surface area contributed by atoms with E-state index in [9.17, 15) is 13.2 Å². The van der Waals surface area contributed by atoms with Crippen molar-refractivity contribution < 1.29 is 18.3 Å². The number of sulfonamides is 1. The van der Waals surface area contributed by atoms with Crippen molar-refractivity contribution in [2.75, 3.05) is 6.54 Å². The van der Waals surface area contributed by atoms with Crippen LogP contribution in [0.3, 0.4) is 0 Å². The van der Waals surface area contributed by atoms with E-state index in [1.54, 1.807) is 6.92 Å². The van der Waals surface area contributed by atoms with E-state index in [0.717, 1.165) is 11.3 Å². The molecular formula is C9H12ClNO4S2. The molecule has 1 unspecified atom stereocenters. The Morgan fingerprint density at radius 1 is 1.59 bits per heavy atom. The Morgan fingerprint density at radius 3 is 2.71 bits per heavy atom. The molecule has 1 heterocycles. The van der Waals surface area contributed by atoms with E-state index in [1.807, 2.05) is 0 Å². The average Bonchev–Trinajstić information content (AvgIpc) is 2.62. The molecule has 2 N–H and O–H groups in total. The summed E-state index contributed by atoms with van der Waals surface area (Å²) in [7, 11) is -3.58. The third kappa shape index (κ3) is 4.63. The molecule has 5 nitrogen and oxygen atoms in total. The molecule has 1 aromatic rings. The summed E-state index contributed by atoms with van der Waals surface area (Å²) in [5, 5.41) is 8.54. The van der Waals surface area contributed by atoms with E-state index >= 15 is 0 Å². The molecular weight excluding hydrogens is 286 g/mol. The highest BCUT2D eigenvalue weighted by Gasteiger charge is 2.18. The van der Waals surface area contributed by atoms with Crippen molar-refractivity contribution in [3.8, 4) is 0 Å². The third-order valence-electron chi connectivity index (χ3n) is 1.96. The number of hydrogen-bond donors (Lipinski definition) is 2. The highest BCUT2D eigenvalue weighted by Crippen LogP contribution is 2.25. The zero-order valence-corrected chi connectivity index (χ0v) is 11.4. The number of nitrogens with one attached hydrogen (secondary N) is 1. The lowest BCUT2D eigenvalue weighted by molar-refractivity contribution is -0.137. The molecule has 0 spiro atoms. The van der Waals surface area contributed by atoms with Gasteiger partial charge in [-0.3, -0.25) is 4.79 Å². The van der Waals surface area contributed by atoms with Gasteiger partial charge in [0.1, 0.15) is 4.21 Å². The maximum absolute atomic E-state index is 11.7. The Morgan fingerprint density at radius 2 is 2.24 bits per heavy atom. The minimum atomic E-state index is -3.58. The topological polar surface area (TPSA) is 83.5 Å². The monoisotopic (exact) mass is 297 g/mol. The number of rotatable bonds is 6. The lowest BCUT2D eigenvalue weighted by atomic mass is 10.1. The molecule has 0 radical (unpaired) electrons. The number of carboxylic acids is 1. The summed E-state index contributed by atoms with van der Waals surface area (Å²) < 4.78 is 26.3. The Kier molecular flexibility index (Phi) is 4.93. The normalized spacial score (nSPS) is 13.5. The van der Waals surface area contributed by atoms with Gasteiger partial charge in [0.25, 0.3) is 0 Å². The second-order valence-electron chi connectivity index (χ2n) is 3.61. The van der Waals surface area contributed by atoms with Gasteiger partial charge in [0, 0.05) is 13.0 Å². The minimum Gasteiger partial charge on any atom is -0.481 e. The van der Waals surface area contributed by atoms with Crippen LogP contribution in [0.25, 0.3) is 0 Å². The van der Waals surface area contributed by atoms with Gasteiger partial charge in [0.15, 0.2) is 0 Å². The van der Waals surface area contributed by atoms with E-state index in [1.165, 1.54) is 12.1 Å². The standard InChI is InChI=1S/C9H12ClNO4S2/c1-6(4-8(12)13)5-11-17(14,15)9-3-2-7(10)16-9/h2-3,6,11H,4-5H2,1H3,(H,12,13). The Bertz CT molecular complexity index is 497. The number of hydrogen-bond acceptors (Lipinski definition) is 4. The van der Waals surface area contributed by atoms with Gasteiger partial charge in [-0.05, 0) is 18.1 Å². The maximum atomic E-state index is 11.7. The van der Waals surface area contributed by atoms with Crippen LogP contribution < -0.4 is 4.72 Å².